The third-order valence-corrected chi connectivity index (χ3v) is 5.25. The Bertz CT molecular complexity index is 1060. The highest BCUT2D eigenvalue weighted by molar-refractivity contribution is 7.99. The maximum atomic E-state index is 6.03. The lowest BCUT2D eigenvalue weighted by molar-refractivity contribution is 0.508. The quantitative estimate of drug-likeness (QED) is 0.459. The van der Waals surface area contributed by atoms with Crippen LogP contribution in [-0.4, -0.2) is 29.9 Å². The molecule has 0 aliphatic heterocycles. The predicted octanol–water partition coefficient (Wildman–Crippen LogP) is 4.43. The summed E-state index contributed by atoms with van der Waals surface area (Å²) >= 11 is 7.52. The number of hydrogen-bond donors (Lipinski definition) is 0. The summed E-state index contributed by atoms with van der Waals surface area (Å²) in [5, 5.41) is 18.1. The Morgan fingerprint density at radius 3 is 2.70 bits per heavy atom. The van der Waals surface area contributed by atoms with Crippen LogP contribution in [0.4, 0.5) is 0 Å². The van der Waals surface area contributed by atoms with E-state index in [1.807, 2.05) is 42.8 Å². The van der Waals surface area contributed by atoms with Gasteiger partial charge in [-0.15, -0.1) is 20.4 Å². The third-order valence-electron chi connectivity index (χ3n) is 3.90. The van der Waals surface area contributed by atoms with Crippen LogP contribution in [0.2, 0.25) is 5.02 Å². The highest BCUT2D eigenvalue weighted by atomic mass is 35.5. The van der Waals surface area contributed by atoms with Gasteiger partial charge in [0.25, 0.3) is 0 Å². The van der Waals surface area contributed by atoms with E-state index in [4.69, 9.17) is 16.0 Å². The standard InChI is InChI=1S/C18H15ClN6OS/c1-11(16-22-23-17(26-16)12-5-3-7-14(19)9-12)27-18-24-21-15(25(18)2)13-6-4-8-20-10-13/h3-11H,1-2H3/t11-/m1/s1. The Morgan fingerprint density at radius 1 is 1.07 bits per heavy atom. The van der Waals surface area contributed by atoms with Gasteiger partial charge in [-0.2, -0.15) is 0 Å². The zero-order valence-corrected chi connectivity index (χ0v) is 16.1. The normalized spacial score (nSPS) is 12.3. The van der Waals surface area contributed by atoms with Crippen LogP contribution in [0.25, 0.3) is 22.8 Å². The van der Waals surface area contributed by atoms with Gasteiger partial charge in [-0.1, -0.05) is 29.4 Å². The molecule has 0 radical (unpaired) electrons. The zero-order chi connectivity index (χ0) is 18.8. The minimum atomic E-state index is -0.0879. The minimum absolute atomic E-state index is 0.0879. The number of halogens is 1. The van der Waals surface area contributed by atoms with Crippen LogP contribution >= 0.6 is 23.4 Å². The van der Waals surface area contributed by atoms with Gasteiger partial charge in [-0.25, -0.2) is 0 Å². The van der Waals surface area contributed by atoms with Gasteiger partial charge in [0.05, 0.1) is 5.25 Å². The van der Waals surface area contributed by atoms with Crippen molar-refractivity contribution in [3.63, 3.8) is 0 Å². The van der Waals surface area contributed by atoms with E-state index in [0.717, 1.165) is 22.1 Å². The number of hydrogen-bond acceptors (Lipinski definition) is 7. The first-order valence-electron chi connectivity index (χ1n) is 8.17. The van der Waals surface area contributed by atoms with Crippen LogP contribution in [0.3, 0.4) is 0 Å². The van der Waals surface area contributed by atoms with Gasteiger partial charge in [0.2, 0.25) is 11.8 Å². The van der Waals surface area contributed by atoms with Crippen LogP contribution in [0.1, 0.15) is 18.1 Å². The second-order valence-electron chi connectivity index (χ2n) is 5.82. The Balaban J connectivity index is 1.53. The maximum absolute atomic E-state index is 6.03. The van der Waals surface area contributed by atoms with Gasteiger partial charge < -0.3 is 8.98 Å². The number of nitrogens with zero attached hydrogens (tertiary/aromatic N) is 6. The SMILES string of the molecule is C[C@@H](Sc1nnc(-c2cccnc2)n1C)c1nnc(-c2cccc(Cl)c2)o1. The van der Waals surface area contributed by atoms with Crippen molar-refractivity contribution < 1.29 is 4.42 Å². The minimum Gasteiger partial charge on any atom is -0.419 e. The fraction of sp³-hybridized carbons (Fsp3) is 0.167. The Kier molecular flexibility index (Phi) is 4.91. The highest BCUT2D eigenvalue weighted by Gasteiger charge is 2.20. The molecule has 0 amide bonds. The molecule has 9 heteroatoms. The van der Waals surface area contributed by atoms with E-state index < -0.39 is 0 Å². The van der Waals surface area contributed by atoms with E-state index in [1.54, 1.807) is 24.5 Å². The van der Waals surface area contributed by atoms with Crippen molar-refractivity contribution in [3.8, 4) is 22.8 Å². The second kappa shape index (κ2) is 7.50. The fourth-order valence-electron chi connectivity index (χ4n) is 2.51. The lowest BCUT2D eigenvalue weighted by atomic mass is 10.2. The van der Waals surface area contributed by atoms with Crippen molar-refractivity contribution in [1.82, 2.24) is 29.9 Å². The molecule has 0 bridgehead atoms. The van der Waals surface area contributed by atoms with Crippen molar-refractivity contribution in [2.75, 3.05) is 0 Å². The highest BCUT2D eigenvalue weighted by Crippen LogP contribution is 2.35. The number of pyridine rings is 1. The monoisotopic (exact) mass is 398 g/mol. The molecule has 0 saturated carbocycles. The third kappa shape index (κ3) is 3.72. The average Bonchev–Trinajstić information content (AvgIpc) is 3.31. The summed E-state index contributed by atoms with van der Waals surface area (Å²) < 4.78 is 7.74. The molecule has 0 unspecified atom stereocenters. The van der Waals surface area contributed by atoms with Crippen LogP contribution in [0.5, 0.6) is 0 Å². The first kappa shape index (κ1) is 17.7. The number of aromatic nitrogens is 6. The summed E-state index contributed by atoms with van der Waals surface area (Å²) in [5.41, 5.74) is 1.70. The molecule has 0 N–H and O–H groups in total. The predicted molar refractivity (Wildman–Crippen MR) is 103 cm³/mol. The first-order valence-corrected chi connectivity index (χ1v) is 9.43. The van der Waals surface area contributed by atoms with Crippen LogP contribution in [0, 0.1) is 0 Å². The Labute approximate surface area is 164 Å². The van der Waals surface area contributed by atoms with E-state index in [2.05, 4.69) is 25.4 Å². The van der Waals surface area contributed by atoms with E-state index in [-0.39, 0.29) is 5.25 Å². The molecule has 4 aromatic rings. The van der Waals surface area contributed by atoms with Gasteiger partial charge in [-0.3, -0.25) is 4.98 Å². The Hall–Kier alpha value is -2.71. The summed E-state index contributed by atoms with van der Waals surface area (Å²) in [6.07, 6.45) is 3.49. The van der Waals surface area contributed by atoms with Crippen molar-refractivity contribution >= 4 is 23.4 Å². The zero-order valence-electron chi connectivity index (χ0n) is 14.6. The summed E-state index contributed by atoms with van der Waals surface area (Å²) in [6, 6.07) is 11.1. The molecule has 1 aromatic carbocycles. The summed E-state index contributed by atoms with van der Waals surface area (Å²) in [5.74, 6) is 1.71. The molecule has 4 rings (SSSR count). The molecule has 0 spiro atoms. The molecule has 3 aromatic heterocycles. The lowest BCUT2D eigenvalue weighted by Gasteiger charge is -2.06. The van der Waals surface area contributed by atoms with Gasteiger partial charge in [-0.05, 0) is 37.3 Å². The molecule has 0 aliphatic carbocycles. The average molecular weight is 399 g/mol. The lowest BCUT2D eigenvalue weighted by Crippen LogP contribution is -1.97. The number of benzene rings is 1. The van der Waals surface area contributed by atoms with Crippen molar-refractivity contribution in [3.05, 3.63) is 59.7 Å². The second-order valence-corrected chi connectivity index (χ2v) is 7.57. The molecular formula is C18H15ClN6OS. The topological polar surface area (TPSA) is 82.5 Å². The molecule has 3 heterocycles. The number of rotatable bonds is 5. The van der Waals surface area contributed by atoms with Crippen molar-refractivity contribution in [2.24, 2.45) is 7.05 Å². The smallest absolute Gasteiger partial charge is 0.247 e. The van der Waals surface area contributed by atoms with Crippen LogP contribution < -0.4 is 0 Å². The number of thioether (sulfide) groups is 1. The Morgan fingerprint density at radius 2 is 1.93 bits per heavy atom. The molecule has 1 atom stereocenters. The van der Waals surface area contributed by atoms with Crippen LogP contribution in [-0.2, 0) is 7.05 Å². The first-order chi connectivity index (χ1) is 13.1. The largest absolute Gasteiger partial charge is 0.419 e. The van der Waals surface area contributed by atoms with E-state index in [1.165, 1.54) is 11.8 Å². The van der Waals surface area contributed by atoms with Gasteiger partial charge in [0.1, 0.15) is 0 Å². The van der Waals surface area contributed by atoms with Gasteiger partial charge in [0, 0.05) is 35.6 Å². The van der Waals surface area contributed by atoms with E-state index in [9.17, 15) is 0 Å². The molecule has 136 valence electrons. The summed E-state index contributed by atoms with van der Waals surface area (Å²) in [6.45, 7) is 1.98. The van der Waals surface area contributed by atoms with Gasteiger partial charge in [0.15, 0.2) is 11.0 Å². The van der Waals surface area contributed by atoms with Crippen molar-refractivity contribution in [1.29, 1.82) is 0 Å². The van der Waals surface area contributed by atoms with Gasteiger partial charge >= 0.3 is 0 Å². The molecule has 7 nitrogen and oxygen atoms in total. The maximum Gasteiger partial charge on any atom is 0.247 e. The molecular weight excluding hydrogens is 384 g/mol. The molecule has 0 saturated heterocycles. The van der Waals surface area contributed by atoms with E-state index in [0.29, 0.717) is 16.8 Å². The van der Waals surface area contributed by atoms with E-state index >= 15 is 0 Å². The fourth-order valence-corrected chi connectivity index (χ4v) is 3.54. The molecule has 27 heavy (non-hydrogen) atoms. The van der Waals surface area contributed by atoms with Crippen LogP contribution in [0.15, 0.2) is 58.4 Å². The summed E-state index contributed by atoms with van der Waals surface area (Å²) in [7, 11) is 1.92. The van der Waals surface area contributed by atoms with Crippen molar-refractivity contribution in [2.45, 2.75) is 17.3 Å². The molecule has 0 aliphatic rings. The molecule has 0 fully saturated rings. The summed E-state index contributed by atoms with van der Waals surface area (Å²) in [4.78, 5) is 4.13.